The Labute approximate surface area is 102 Å². The standard InChI is InChI=1S/C10H20N2O3.CH2O/c1-11(10(14)15-2)7-8-12-5-3-9(13)4-6-12;1-2/h9,13H,3-8H2,1-2H3;1H2. The first-order valence-electron chi connectivity index (χ1n) is 5.62. The topological polar surface area (TPSA) is 70.1 Å². The van der Waals surface area contributed by atoms with E-state index < -0.39 is 0 Å². The van der Waals surface area contributed by atoms with Gasteiger partial charge in [0.25, 0.3) is 0 Å². The summed E-state index contributed by atoms with van der Waals surface area (Å²) in [6, 6.07) is 0. The number of aliphatic hydroxyl groups excluding tert-OH is 1. The van der Waals surface area contributed by atoms with E-state index in [0.29, 0.717) is 6.54 Å². The van der Waals surface area contributed by atoms with Crippen LogP contribution in [0.5, 0.6) is 0 Å². The number of piperidine rings is 1. The number of methoxy groups -OCH3 is 1. The summed E-state index contributed by atoms with van der Waals surface area (Å²) in [4.78, 5) is 22.9. The van der Waals surface area contributed by atoms with Gasteiger partial charge in [-0.15, -0.1) is 0 Å². The molecule has 1 rings (SSSR count). The van der Waals surface area contributed by atoms with Gasteiger partial charge in [0.1, 0.15) is 6.79 Å². The van der Waals surface area contributed by atoms with Gasteiger partial charge in [-0.2, -0.15) is 0 Å². The highest BCUT2D eigenvalue weighted by Gasteiger charge is 2.17. The third-order valence-corrected chi connectivity index (χ3v) is 2.80. The van der Waals surface area contributed by atoms with Gasteiger partial charge in [-0.25, -0.2) is 4.79 Å². The van der Waals surface area contributed by atoms with Crippen molar-refractivity contribution in [1.29, 1.82) is 0 Å². The molecule has 0 bridgehead atoms. The minimum absolute atomic E-state index is 0.139. The highest BCUT2D eigenvalue weighted by molar-refractivity contribution is 5.66. The molecule has 1 aliphatic heterocycles. The van der Waals surface area contributed by atoms with Crippen molar-refractivity contribution in [1.82, 2.24) is 9.80 Å². The number of nitrogens with zero attached hydrogens (tertiary/aromatic N) is 2. The predicted molar refractivity (Wildman–Crippen MR) is 63.8 cm³/mol. The maximum absolute atomic E-state index is 11.1. The molecule has 0 aromatic rings. The van der Waals surface area contributed by atoms with Gasteiger partial charge in [0, 0.05) is 33.2 Å². The molecule has 100 valence electrons. The van der Waals surface area contributed by atoms with Crippen molar-refractivity contribution in [2.45, 2.75) is 18.9 Å². The highest BCUT2D eigenvalue weighted by atomic mass is 16.5. The Hall–Kier alpha value is -1.14. The fraction of sp³-hybridized carbons (Fsp3) is 0.818. The van der Waals surface area contributed by atoms with Crippen LogP contribution in [0, 0.1) is 0 Å². The number of hydrogen-bond donors (Lipinski definition) is 1. The molecule has 1 saturated heterocycles. The number of ether oxygens (including phenoxy) is 1. The summed E-state index contributed by atoms with van der Waals surface area (Å²) in [5.41, 5.74) is 0. The lowest BCUT2D eigenvalue weighted by molar-refractivity contribution is -0.0980. The van der Waals surface area contributed by atoms with Gasteiger partial charge in [-0.05, 0) is 12.8 Å². The van der Waals surface area contributed by atoms with Crippen molar-refractivity contribution < 1.29 is 19.4 Å². The van der Waals surface area contributed by atoms with E-state index in [1.54, 1.807) is 11.9 Å². The Morgan fingerprint density at radius 1 is 1.47 bits per heavy atom. The maximum atomic E-state index is 11.1. The molecule has 1 N–H and O–H groups in total. The molecular weight excluding hydrogens is 224 g/mol. The summed E-state index contributed by atoms with van der Waals surface area (Å²) in [5.74, 6) is 0. The van der Waals surface area contributed by atoms with Crippen LogP contribution in [0.4, 0.5) is 4.79 Å². The van der Waals surface area contributed by atoms with E-state index in [9.17, 15) is 9.90 Å². The quantitative estimate of drug-likeness (QED) is 0.756. The highest BCUT2D eigenvalue weighted by Crippen LogP contribution is 2.09. The van der Waals surface area contributed by atoms with Crippen LogP contribution in [-0.4, -0.2) is 74.2 Å². The third-order valence-electron chi connectivity index (χ3n) is 2.80. The van der Waals surface area contributed by atoms with Crippen molar-refractivity contribution in [3.05, 3.63) is 0 Å². The van der Waals surface area contributed by atoms with Gasteiger partial charge >= 0.3 is 6.09 Å². The van der Waals surface area contributed by atoms with E-state index in [1.165, 1.54) is 7.11 Å². The van der Waals surface area contributed by atoms with Gasteiger partial charge in [0.15, 0.2) is 0 Å². The summed E-state index contributed by atoms with van der Waals surface area (Å²) < 4.78 is 4.60. The molecule has 6 nitrogen and oxygen atoms in total. The van der Waals surface area contributed by atoms with E-state index in [4.69, 9.17) is 4.79 Å². The molecular formula is C11H22N2O4. The number of likely N-dealkylation sites (tertiary alicyclic amines) is 1. The molecule has 0 radical (unpaired) electrons. The fourth-order valence-corrected chi connectivity index (χ4v) is 1.68. The number of hydrogen-bond acceptors (Lipinski definition) is 5. The third kappa shape index (κ3) is 6.23. The molecule has 1 amide bonds. The number of aliphatic hydroxyl groups is 1. The second-order valence-corrected chi connectivity index (χ2v) is 3.96. The smallest absolute Gasteiger partial charge is 0.409 e. The summed E-state index contributed by atoms with van der Waals surface area (Å²) in [6.07, 6.45) is 1.23. The molecule has 0 atom stereocenters. The fourth-order valence-electron chi connectivity index (χ4n) is 1.68. The lowest BCUT2D eigenvalue weighted by Crippen LogP contribution is -2.41. The van der Waals surface area contributed by atoms with Gasteiger partial charge in [0.05, 0.1) is 13.2 Å². The number of rotatable bonds is 3. The van der Waals surface area contributed by atoms with Crippen molar-refractivity contribution in [2.24, 2.45) is 0 Å². The number of carbonyl (C=O) groups excluding carboxylic acids is 2. The molecule has 0 aliphatic carbocycles. The number of likely N-dealkylation sites (N-methyl/N-ethyl adjacent to an activating group) is 1. The summed E-state index contributed by atoms with van der Waals surface area (Å²) in [5, 5.41) is 9.32. The summed E-state index contributed by atoms with van der Waals surface area (Å²) in [7, 11) is 3.11. The van der Waals surface area contributed by atoms with E-state index in [-0.39, 0.29) is 12.2 Å². The largest absolute Gasteiger partial charge is 0.453 e. The summed E-state index contributed by atoms with van der Waals surface area (Å²) in [6.45, 7) is 5.34. The van der Waals surface area contributed by atoms with Crippen LogP contribution in [0.3, 0.4) is 0 Å². The molecule has 0 saturated carbocycles. The van der Waals surface area contributed by atoms with Crippen molar-refractivity contribution in [3.63, 3.8) is 0 Å². The molecule has 17 heavy (non-hydrogen) atoms. The Morgan fingerprint density at radius 3 is 2.47 bits per heavy atom. The molecule has 6 heteroatoms. The van der Waals surface area contributed by atoms with Crippen LogP contribution in [0.1, 0.15) is 12.8 Å². The zero-order chi connectivity index (χ0) is 13.3. The Kier molecular flexibility index (Phi) is 8.35. The minimum Gasteiger partial charge on any atom is -0.453 e. The molecule has 0 aromatic heterocycles. The maximum Gasteiger partial charge on any atom is 0.409 e. The van der Waals surface area contributed by atoms with Gasteiger partial charge < -0.3 is 24.4 Å². The second-order valence-electron chi connectivity index (χ2n) is 3.96. The zero-order valence-electron chi connectivity index (χ0n) is 10.6. The normalized spacial score (nSPS) is 16.9. The predicted octanol–water partition coefficient (Wildman–Crippen LogP) is -0.0436. The Bertz CT molecular complexity index is 218. The summed E-state index contributed by atoms with van der Waals surface area (Å²) >= 11 is 0. The molecule has 0 aromatic carbocycles. The molecule has 1 fully saturated rings. The van der Waals surface area contributed by atoms with E-state index in [1.807, 2.05) is 6.79 Å². The molecule has 1 heterocycles. The first kappa shape index (κ1) is 15.9. The zero-order valence-corrected chi connectivity index (χ0v) is 10.6. The van der Waals surface area contributed by atoms with Gasteiger partial charge in [-0.1, -0.05) is 0 Å². The lowest BCUT2D eigenvalue weighted by Gasteiger charge is -2.30. The van der Waals surface area contributed by atoms with Crippen LogP contribution in [0.15, 0.2) is 0 Å². The van der Waals surface area contributed by atoms with E-state index in [2.05, 4.69) is 9.64 Å². The number of amides is 1. The van der Waals surface area contributed by atoms with Crippen LogP contribution in [-0.2, 0) is 9.53 Å². The molecule has 0 spiro atoms. The first-order chi connectivity index (χ1) is 8.13. The van der Waals surface area contributed by atoms with Crippen LogP contribution in [0.2, 0.25) is 0 Å². The van der Waals surface area contributed by atoms with Gasteiger partial charge in [-0.3, -0.25) is 0 Å². The minimum atomic E-state index is -0.299. The lowest BCUT2D eigenvalue weighted by atomic mass is 10.1. The Balaban J connectivity index is 0.00000121. The van der Waals surface area contributed by atoms with Crippen LogP contribution < -0.4 is 0 Å². The molecule has 1 aliphatic rings. The molecule has 0 unspecified atom stereocenters. The average molecular weight is 246 g/mol. The van der Waals surface area contributed by atoms with Crippen molar-refractivity contribution >= 4 is 12.9 Å². The van der Waals surface area contributed by atoms with Crippen LogP contribution in [0.25, 0.3) is 0 Å². The van der Waals surface area contributed by atoms with E-state index in [0.717, 1.165) is 32.5 Å². The van der Waals surface area contributed by atoms with Gasteiger partial charge in [0.2, 0.25) is 0 Å². The SMILES string of the molecule is C=O.COC(=O)N(C)CCN1CCC(O)CC1. The number of carbonyl (C=O) groups is 2. The second kappa shape index (κ2) is 8.95. The first-order valence-corrected chi connectivity index (χ1v) is 5.62. The Morgan fingerprint density at radius 2 is 2.00 bits per heavy atom. The van der Waals surface area contributed by atoms with E-state index >= 15 is 0 Å². The van der Waals surface area contributed by atoms with Crippen molar-refractivity contribution in [2.75, 3.05) is 40.3 Å². The average Bonchev–Trinajstić information content (AvgIpc) is 2.39. The van der Waals surface area contributed by atoms with Crippen LogP contribution >= 0.6 is 0 Å². The van der Waals surface area contributed by atoms with Crippen molar-refractivity contribution in [3.8, 4) is 0 Å². The monoisotopic (exact) mass is 246 g/mol.